The molecule has 0 aromatic carbocycles. The predicted octanol–water partition coefficient (Wildman–Crippen LogP) is 0.0822. The number of oxime groups is 1. The molecule has 1 aliphatic rings. The number of carbonyl (C=O) groups is 1. The van der Waals surface area contributed by atoms with E-state index in [2.05, 4.69) is 10.1 Å². The quantitative estimate of drug-likeness (QED) is 0.237. The Morgan fingerprint density at radius 1 is 1.35 bits per heavy atom. The molecular weight excluding hydrogens is 260 g/mol. The van der Waals surface area contributed by atoms with Crippen molar-refractivity contribution in [2.75, 3.05) is 39.4 Å². The van der Waals surface area contributed by atoms with E-state index in [1.54, 1.807) is 4.90 Å². The Kier molecular flexibility index (Phi) is 6.22. The van der Waals surface area contributed by atoms with E-state index in [0.717, 1.165) is 6.42 Å². The fourth-order valence-electron chi connectivity index (χ4n) is 2.19. The molecule has 0 aromatic heterocycles. The molecule has 116 valence electrons. The van der Waals surface area contributed by atoms with E-state index < -0.39 is 5.54 Å². The largest absolute Gasteiger partial charge is 0.409 e. The summed E-state index contributed by atoms with van der Waals surface area (Å²) in [5, 5.41) is 11.9. The molecule has 1 aliphatic heterocycles. The lowest BCUT2D eigenvalue weighted by atomic mass is 10.0. The number of piperazine rings is 1. The molecule has 1 heterocycles. The number of hydrogen-bond acceptors (Lipinski definition) is 5. The van der Waals surface area contributed by atoms with Gasteiger partial charge in [0.25, 0.3) is 0 Å². The van der Waals surface area contributed by atoms with Crippen LogP contribution >= 0.6 is 0 Å². The summed E-state index contributed by atoms with van der Waals surface area (Å²) < 4.78 is 5.27. The summed E-state index contributed by atoms with van der Waals surface area (Å²) >= 11 is 0. The fraction of sp³-hybridized carbons (Fsp3) is 0.846. The van der Waals surface area contributed by atoms with Crippen molar-refractivity contribution in [1.82, 2.24) is 9.80 Å². The zero-order valence-corrected chi connectivity index (χ0v) is 12.6. The first-order valence-corrected chi connectivity index (χ1v) is 7.02. The number of carbonyl (C=O) groups excluding carboxylic acids is 1. The minimum Gasteiger partial charge on any atom is -0.409 e. The normalized spacial score (nSPS) is 18.4. The molecule has 1 saturated heterocycles. The van der Waals surface area contributed by atoms with E-state index >= 15 is 0 Å². The van der Waals surface area contributed by atoms with Gasteiger partial charge >= 0.3 is 0 Å². The van der Waals surface area contributed by atoms with Crippen LogP contribution in [0.5, 0.6) is 0 Å². The first-order valence-electron chi connectivity index (χ1n) is 7.02. The number of amidine groups is 1. The smallest absolute Gasteiger partial charge is 0.248 e. The van der Waals surface area contributed by atoms with Crippen molar-refractivity contribution in [3.63, 3.8) is 0 Å². The Hall–Kier alpha value is -1.34. The van der Waals surface area contributed by atoms with Crippen molar-refractivity contribution in [3.05, 3.63) is 0 Å². The maximum absolute atomic E-state index is 11.9. The molecule has 0 aromatic rings. The third-order valence-corrected chi connectivity index (χ3v) is 3.73. The topological polar surface area (TPSA) is 91.4 Å². The van der Waals surface area contributed by atoms with Crippen LogP contribution in [0.1, 0.15) is 27.2 Å². The highest BCUT2D eigenvalue weighted by atomic mass is 16.5. The monoisotopic (exact) mass is 286 g/mol. The van der Waals surface area contributed by atoms with Crippen LogP contribution in [0.4, 0.5) is 0 Å². The van der Waals surface area contributed by atoms with E-state index in [1.807, 2.05) is 20.8 Å². The molecule has 0 bridgehead atoms. The van der Waals surface area contributed by atoms with Crippen LogP contribution in [-0.2, 0) is 9.53 Å². The van der Waals surface area contributed by atoms with Crippen LogP contribution in [0, 0.1) is 0 Å². The number of nitrogens with zero attached hydrogens (tertiary/aromatic N) is 3. The van der Waals surface area contributed by atoms with Crippen LogP contribution in [0.25, 0.3) is 0 Å². The maximum atomic E-state index is 11.9. The van der Waals surface area contributed by atoms with Crippen LogP contribution in [0.2, 0.25) is 0 Å². The van der Waals surface area contributed by atoms with Gasteiger partial charge in [-0.3, -0.25) is 9.69 Å². The lowest BCUT2D eigenvalue weighted by Gasteiger charge is -2.43. The van der Waals surface area contributed by atoms with Gasteiger partial charge in [-0.05, 0) is 20.3 Å². The van der Waals surface area contributed by atoms with Crippen LogP contribution in [0.15, 0.2) is 5.16 Å². The van der Waals surface area contributed by atoms with Crippen molar-refractivity contribution < 1.29 is 14.7 Å². The summed E-state index contributed by atoms with van der Waals surface area (Å²) in [5.41, 5.74) is 5.20. The second kappa shape index (κ2) is 7.44. The van der Waals surface area contributed by atoms with Gasteiger partial charge in [-0.25, -0.2) is 0 Å². The van der Waals surface area contributed by atoms with Gasteiger partial charge in [0.1, 0.15) is 6.61 Å². The van der Waals surface area contributed by atoms with Gasteiger partial charge in [0.05, 0.1) is 5.54 Å². The zero-order valence-electron chi connectivity index (χ0n) is 12.6. The van der Waals surface area contributed by atoms with Gasteiger partial charge in [0, 0.05) is 32.8 Å². The highest BCUT2D eigenvalue weighted by molar-refractivity contribution is 5.88. The SMILES string of the molecule is CCCOCC(=O)N1CCN(C(C)(C)C(N)=NO)CC1. The average molecular weight is 286 g/mol. The Morgan fingerprint density at radius 2 is 1.95 bits per heavy atom. The number of nitrogens with two attached hydrogens (primary N) is 1. The summed E-state index contributed by atoms with van der Waals surface area (Å²) in [4.78, 5) is 15.8. The van der Waals surface area contributed by atoms with Gasteiger partial charge in [0.15, 0.2) is 5.84 Å². The summed E-state index contributed by atoms with van der Waals surface area (Å²) in [6.07, 6.45) is 0.912. The predicted molar refractivity (Wildman–Crippen MR) is 76.8 cm³/mol. The summed E-state index contributed by atoms with van der Waals surface area (Å²) in [6, 6.07) is 0. The minimum absolute atomic E-state index is 0.0275. The van der Waals surface area contributed by atoms with Gasteiger partial charge in [-0.1, -0.05) is 12.1 Å². The van der Waals surface area contributed by atoms with Crippen molar-refractivity contribution >= 4 is 11.7 Å². The molecule has 20 heavy (non-hydrogen) atoms. The van der Waals surface area contributed by atoms with Crippen molar-refractivity contribution in [2.24, 2.45) is 10.9 Å². The van der Waals surface area contributed by atoms with Crippen LogP contribution < -0.4 is 5.73 Å². The standard InChI is InChI=1S/C13H26N4O3/c1-4-9-20-10-11(18)16-5-7-17(8-6-16)13(2,3)12(14)15-19/h19H,4-10H2,1-3H3,(H2,14,15). The molecule has 7 heteroatoms. The molecule has 3 N–H and O–H groups in total. The molecule has 1 rings (SSSR count). The molecule has 0 spiro atoms. The Balaban J connectivity index is 2.45. The molecule has 0 unspecified atom stereocenters. The van der Waals surface area contributed by atoms with Crippen molar-refractivity contribution in [1.29, 1.82) is 0 Å². The number of ether oxygens (including phenoxy) is 1. The summed E-state index contributed by atoms with van der Waals surface area (Å²) in [7, 11) is 0. The van der Waals surface area contributed by atoms with Gasteiger partial charge in [0.2, 0.25) is 5.91 Å². The molecule has 0 radical (unpaired) electrons. The second-order valence-electron chi connectivity index (χ2n) is 5.46. The molecular formula is C13H26N4O3. The number of rotatable bonds is 6. The van der Waals surface area contributed by atoms with E-state index in [-0.39, 0.29) is 18.3 Å². The van der Waals surface area contributed by atoms with E-state index in [1.165, 1.54) is 0 Å². The Labute approximate surface area is 120 Å². The number of hydrogen-bond donors (Lipinski definition) is 2. The third-order valence-electron chi connectivity index (χ3n) is 3.73. The maximum Gasteiger partial charge on any atom is 0.248 e. The van der Waals surface area contributed by atoms with Gasteiger partial charge < -0.3 is 20.6 Å². The van der Waals surface area contributed by atoms with Crippen molar-refractivity contribution in [3.8, 4) is 0 Å². The average Bonchev–Trinajstić information content (AvgIpc) is 2.46. The van der Waals surface area contributed by atoms with Gasteiger partial charge in [-0.2, -0.15) is 0 Å². The van der Waals surface area contributed by atoms with Crippen molar-refractivity contribution in [2.45, 2.75) is 32.7 Å². The zero-order chi connectivity index (χ0) is 15.2. The molecule has 7 nitrogen and oxygen atoms in total. The highest BCUT2D eigenvalue weighted by Gasteiger charge is 2.34. The molecule has 1 amide bonds. The molecule has 1 fully saturated rings. The summed E-state index contributed by atoms with van der Waals surface area (Å²) in [6.45, 7) is 9.25. The number of amides is 1. The van der Waals surface area contributed by atoms with E-state index in [9.17, 15) is 4.79 Å². The Bertz CT molecular complexity index is 350. The van der Waals surface area contributed by atoms with E-state index in [0.29, 0.717) is 32.8 Å². The minimum atomic E-state index is -0.511. The first kappa shape index (κ1) is 16.7. The molecule has 0 atom stereocenters. The van der Waals surface area contributed by atoms with Crippen LogP contribution in [0.3, 0.4) is 0 Å². The second-order valence-corrected chi connectivity index (χ2v) is 5.46. The highest BCUT2D eigenvalue weighted by Crippen LogP contribution is 2.17. The van der Waals surface area contributed by atoms with E-state index in [4.69, 9.17) is 15.7 Å². The third kappa shape index (κ3) is 4.08. The summed E-state index contributed by atoms with van der Waals surface area (Å²) in [5.74, 6) is 0.211. The molecule has 0 aliphatic carbocycles. The fourth-order valence-corrected chi connectivity index (χ4v) is 2.19. The van der Waals surface area contributed by atoms with Crippen LogP contribution in [-0.4, -0.2) is 71.7 Å². The first-order chi connectivity index (χ1) is 9.43. The lowest BCUT2D eigenvalue weighted by molar-refractivity contribution is -0.138. The Morgan fingerprint density at radius 3 is 2.45 bits per heavy atom. The molecule has 0 saturated carbocycles. The van der Waals surface area contributed by atoms with Gasteiger partial charge in [-0.15, -0.1) is 0 Å². The lowest BCUT2D eigenvalue weighted by Crippen LogP contribution is -2.60.